The van der Waals surface area contributed by atoms with Crippen molar-refractivity contribution in [2.45, 2.75) is 155 Å². The topological polar surface area (TPSA) is 24.7 Å². The molecule has 2 rings (SSSR count). The fraction of sp³-hybridized carbons (Fsp3) is 0.667. The van der Waals surface area contributed by atoms with E-state index in [-0.39, 0.29) is 0 Å². The molecular weight excluding hydrogens is 460 g/mol. The molecule has 38 heavy (non-hydrogen) atoms. The van der Waals surface area contributed by atoms with Crippen molar-refractivity contribution in [1.82, 2.24) is 0 Å². The lowest BCUT2D eigenvalue weighted by atomic mass is 9.95. The predicted molar refractivity (Wildman–Crippen MR) is 168 cm³/mol. The smallest absolute Gasteiger partial charge is 0.0891 e. The third kappa shape index (κ3) is 15.5. The Kier molecular flexibility index (Phi) is 19.5. The van der Waals surface area contributed by atoms with Crippen molar-refractivity contribution in [1.29, 1.82) is 0 Å². The fourth-order valence-electron chi connectivity index (χ4n) is 5.44. The zero-order valence-corrected chi connectivity index (χ0v) is 25.1. The summed E-state index contributed by atoms with van der Waals surface area (Å²) >= 11 is 0. The highest BCUT2D eigenvalue weighted by Gasteiger charge is 2.09. The quantitative estimate of drug-likeness (QED) is 0.0975. The van der Waals surface area contributed by atoms with Crippen molar-refractivity contribution >= 4 is 11.4 Å². The normalized spacial score (nSPS) is 11.5. The van der Waals surface area contributed by atoms with Crippen molar-refractivity contribution in [2.24, 2.45) is 10.2 Å². The Bertz CT molecular complexity index is 826. The second-order valence-electron chi connectivity index (χ2n) is 11.3. The fourth-order valence-corrected chi connectivity index (χ4v) is 5.44. The number of benzene rings is 2. The minimum absolute atomic E-state index is 0.928. The molecule has 0 saturated carbocycles. The lowest BCUT2D eigenvalue weighted by Crippen LogP contribution is -1.96. The Balaban J connectivity index is 1.81. The van der Waals surface area contributed by atoms with Crippen molar-refractivity contribution in [2.75, 3.05) is 0 Å². The maximum atomic E-state index is 4.73. The van der Waals surface area contributed by atoms with Crippen LogP contribution in [0.1, 0.15) is 153 Å². The molecule has 2 aromatic carbocycles. The van der Waals surface area contributed by atoms with Gasteiger partial charge in [0.25, 0.3) is 0 Å². The van der Waals surface area contributed by atoms with E-state index in [1.165, 1.54) is 146 Å². The first-order chi connectivity index (χ1) is 18.8. The molecule has 0 atom stereocenters. The van der Waals surface area contributed by atoms with E-state index in [0.29, 0.717) is 0 Å². The number of azo groups is 1. The Morgan fingerprint density at radius 3 is 1.42 bits per heavy atom. The standard InChI is InChI=1S/C36H58N2/c1-3-5-7-9-11-13-15-17-19-22-27-33-28-26-32-36(38-37-34-29-23-21-24-30-34)35(33)31-25-20-18-16-14-12-10-8-6-4-2/h21,23-24,26,28-30,32H,3-20,22,25,27,31H2,1-2H3. The monoisotopic (exact) mass is 518 g/mol. The van der Waals surface area contributed by atoms with Gasteiger partial charge in [-0.15, -0.1) is 0 Å². The van der Waals surface area contributed by atoms with Gasteiger partial charge in [0.15, 0.2) is 0 Å². The highest BCUT2D eigenvalue weighted by Crippen LogP contribution is 2.29. The van der Waals surface area contributed by atoms with Crippen molar-refractivity contribution in [3.05, 3.63) is 59.7 Å². The first-order valence-corrected chi connectivity index (χ1v) is 16.4. The summed E-state index contributed by atoms with van der Waals surface area (Å²) in [7, 11) is 0. The Labute approximate surface area is 236 Å². The Morgan fingerprint density at radius 2 is 0.895 bits per heavy atom. The number of rotatable bonds is 24. The van der Waals surface area contributed by atoms with E-state index in [9.17, 15) is 0 Å². The van der Waals surface area contributed by atoms with E-state index in [1.807, 2.05) is 30.3 Å². The van der Waals surface area contributed by atoms with E-state index in [2.05, 4.69) is 37.2 Å². The van der Waals surface area contributed by atoms with Crippen LogP contribution in [0.4, 0.5) is 11.4 Å². The summed E-state index contributed by atoms with van der Waals surface area (Å²) in [5.41, 5.74) is 4.96. The Hall–Kier alpha value is -1.96. The molecule has 0 spiro atoms. The van der Waals surface area contributed by atoms with E-state index in [4.69, 9.17) is 5.11 Å². The lowest BCUT2D eigenvalue weighted by molar-refractivity contribution is 0.553. The van der Waals surface area contributed by atoms with Gasteiger partial charge < -0.3 is 0 Å². The molecule has 0 saturated heterocycles. The third-order valence-corrected chi connectivity index (χ3v) is 7.86. The average Bonchev–Trinajstić information content (AvgIpc) is 2.95. The van der Waals surface area contributed by atoms with Gasteiger partial charge in [-0.05, 0) is 55.0 Å². The maximum absolute atomic E-state index is 4.73. The second kappa shape index (κ2) is 23.0. The second-order valence-corrected chi connectivity index (χ2v) is 11.3. The molecule has 0 N–H and O–H groups in total. The number of hydrogen-bond donors (Lipinski definition) is 0. The number of hydrogen-bond acceptors (Lipinski definition) is 2. The molecular formula is C36H58N2. The van der Waals surface area contributed by atoms with Crippen LogP contribution in [0, 0.1) is 0 Å². The largest absolute Gasteiger partial charge is 0.151 e. The zero-order valence-electron chi connectivity index (χ0n) is 25.1. The van der Waals surface area contributed by atoms with Crippen LogP contribution in [0.5, 0.6) is 0 Å². The molecule has 0 bridgehead atoms. The van der Waals surface area contributed by atoms with Crippen LogP contribution >= 0.6 is 0 Å². The molecule has 2 aromatic rings. The van der Waals surface area contributed by atoms with Crippen molar-refractivity contribution < 1.29 is 0 Å². The SMILES string of the molecule is CCCCCCCCCCCCc1cccc(N=Nc2ccccc2)c1CCCCCCCCCCCC. The van der Waals surface area contributed by atoms with Crippen LogP contribution in [0.25, 0.3) is 0 Å². The summed E-state index contributed by atoms with van der Waals surface area (Å²) in [6, 6.07) is 16.8. The van der Waals surface area contributed by atoms with Crippen LogP contribution in [0.3, 0.4) is 0 Å². The highest BCUT2D eigenvalue weighted by atomic mass is 15.1. The molecule has 2 heteroatoms. The van der Waals surface area contributed by atoms with Crippen LogP contribution in [0.15, 0.2) is 58.8 Å². The molecule has 0 radical (unpaired) electrons. The highest BCUT2D eigenvalue weighted by molar-refractivity contribution is 5.51. The molecule has 2 nitrogen and oxygen atoms in total. The van der Waals surface area contributed by atoms with Gasteiger partial charge in [0, 0.05) is 0 Å². The average molecular weight is 519 g/mol. The van der Waals surface area contributed by atoms with Crippen LogP contribution in [0.2, 0.25) is 0 Å². The number of aryl methyl sites for hydroxylation is 1. The van der Waals surface area contributed by atoms with E-state index in [1.54, 1.807) is 0 Å². The molecule has 0 aliphatic carbocycles. The van der Waals surface area contributed by atoms with Crippen LogP contribution in [-0.4, -0.2) is 0 Å². The minimum atomic E-state index is 0.928. The van der Waals surface area contributed by atoms with E-state index in [0.717, 1.165) is 17.8 Å². The van der Waals surface area contributed by atoms with Gasteiger partial charge in [0.05, 0.1) is 11.4 Å². The minimum Gasteiger partial charge on any atom is -0.151 e. The number of unbranched alkanes of at least 4 members (excludes halogenated alkanes) is 18. The summed E-state index contributed by atoms with van der Waals surface area (Å²) in [6.07, 6.45) is 30.0. The predicted octanol–water partition coefficient (Wildman–Crippen LogP) is 13.0. The molecule has 212 valence electrons. The van der Waals surface area contributed by atoms with Crippen LogP contribution in [-0.2, 0) is 12.8 Å². The van der Waals surface area contributed by atoms with Gasteiger partial charge in [0.1, 0.15) is 0 Å². The molecule has 0 aliphatic rings. The van der Waals surface area contributed by atoms with Gasteiger partial charge in [-0.1, -0.05) is 160 Å². The molecule has 0 aliphatic heterocycles. The van der Waals surface area contributed by atoms with Crippen molar-refractivity contribution in [3.63, 3.8) is 0 Å². The summed E-state index contributed by atoms with van der Waals surface area (Å²) in [5, 5.41) is 9.28. The van der Waals surface area contributed by atoms with Gasteiger partial charge in [0.2, 0.25) is 0 Å². The third-order valence-electron chi connectivity index (χ3n) is 7.86. The first kappa shape index (κ1) is 32.3. The zero-order chi connectivity index (χ0) is 26.9. The van der Waals surface area contributed by atoms with Gasteiger partial charge in [-0.3, -0.25) is 0 Å². The summed E-state index contributed by atoms with van der Waals surface area (Å²) in [6.45, 7) is 4.59. The summed E-state index contributed by atoms with van der Waals surface area (Å²) in [4.78, 5) is 0. The maximum Gasteiger partial charge on any atom is 0.0891 e. The van der Waals surface area contributed by atoms with Gasteiger partial charge in [-0.25, -0.2) is 0 Å². The van der Waals surface area contributed by atoms with Crippen LogP contribution < -0.4 is 0 Å². The molecule has 0 heterocycles. The van der Waals surface area contributed by atoms with Gasteiger partial charge >= 0.3 is 0 Å². The van der Waals surface area contributed by atoms with E-state index >= 15 is 0 Å². The lowest BCUT2D eigenvalue weighted by Gasteiger charge is -2.12. The van der Waals surface area contributed by atoms with Gasteiger partial charge in [-0.2, -0.15) is 10.2 Å². The molecule has 0 aromatic heterocycles. The molecule has 0 fully saturated rings. The summed E-state index contributed by atoms with van der Waals surface area (Å²) < 4.78 is 0. The number of nitrogens with zero attached hydrogens (tertiary/aromatic N) is 2. The summed E-state index contributed by atoms with van der Waals surface area (Å²) in [5.74, 6) is 0. The Morgan fingerprint density at radius 1 is 0.421 bits per heavy atom. The molecule has 0 unspecified atom stereocenters. The first-order valence-electron chi connectivity index (χ1n) is 16.4. The van der Waals surface area contributed by atoms with Crippen molar-refractivity contribution in [3.8, 4) is 0 Å². The van der Waals surface area contributed by atoms with E-state index < -0.39 is 0 Å². The molecule has 0 amide bonds.